The smallest absolute Gasteiger partial charge is 0.253 e. The highest BCUT2D eigenvalue weighted by Crippen LogP contribution is 2.23. The molecule has 110 valence electrons. The van der Waals surface area contributed by atoms with Gasteiger partial charge in [-0.15, -0.1) is 0 Å². The van der Waals surface area contributed by atoms with E-state index in [2.05, 4.69) is 5.32 Å². The Balaban J connectivity index is 1.92. The lowest BCUT2D eigenvalue weighted by Gasteiger charge is -2.32. The Morgan fingerprint density at radius 1 is 1.40 bits per heavy atom. The molecule has 0 atom stereocenters. The first-order chi connectivity index (χ1) is 9.61. The van der Waals surface area contributed by atoms with Crippen molar-refractivity contribution in [1.29, 1.82) is 0 Å². The van der Waals surface area contributed by atoms with Crippen LogP contribution >= 0.6 is 0 Å². The van der Waals surface area contributed by atoms with Gasteiger partial charge in [0.15, 0.2) is 0 Å². The van der Waals surface area contributed by atoms with Crippen molar-refractivity contribution in [3.05, 3.63) is 29.3 Å². The quantitative estimate of drug-likeness (QED) is 0.886. The largest absolute Gasteiger partial charge is 0.508 e. The van der Waals surface area contributed by atoms with E-state index < -0.39 is 0 Å². The van der Waals surface area contributed by atoms with Crippen molar-refractivity contribution in [1.82, 2.24) is 10.2 Å². The third-order valence-corrected chi connectivity index (χ3v) is 4.15. The lowest BCUT2D eigenvalue weighted by molar-refractivity contribution is 0.0687. The summed E-state index contributed by atoms with van der Waals surface area (Å²) in [5, 5.41) is 12.7. The maximum absolute atomic E-state index is 12.4. The van der Waals surface area contributed by atoms with Gasteiger partial charge in [0, 0.05) is 18.7 Å². The van der Waals surface area contributed by atoms with Gasteiger partial charge < -0.3 is 15.3 Å². The molecular formula is C16H24N2O2. The van der Waals surface area contributed by atoms with Crippen molar-refractivity contribution in [2.45, 2.75) is 26.2 Å². The van der Waals surface area contributed by atoms with Crippen LogP contribution in [0.4, 0.5) is 0 Å². The number of rotatable bonds is 4. The monoisotopic (exact) mass is 276 g/mol. The van der Waals surface area contributed by atoms with Crippen LogP contribution in [0.2, 0.25) is 0 Å². The summed E-state index contributed by atoms with van der Waals surface area (Å²) in [7, 11) is 1.98. The van der Waals surface area contributed by atoms with Crippen molar-refractivity contribution in [2.24, 2.45) is 5.92 Å². The molecule has 1 aromatic rings. The van der Waals surface area contributed by atoms with Crippen LogP contribution in [0.1, 0.15) is 35.2 Å². The Hall–Kier alpha value is -1.55. The molecular weight excluding hydrogens is 252 g/mol. The third-order valence-electron chi connectivity index (χ3n) is 4.15. The molecule has 0 saturated carbocycles. The average Bonchev–Trinajstić information content (AvgIpc) is 2.48. The molecule has 1 heterocycles. The lowest BCUT2D eigenvalue weighted by Crippen LogP contribution is -2.39. The highest BCUT2D eigenvalue weighted by Gasteiger charge is 2.23. The number of hydrogen-bond acceptors (Lipinski definition) is 3. The minimum atomic E-state index is 0.0835. The Morgan fingerprint density at radius 2 is 2.10 bits per heavy atom. The van der Waals surface area contributed by atoms with Crippen LogP contribution in [0.15, 0.2) is 18.2 Å². The fourth-order valence-corrected chi connectivity index (χ4v) is 2.74. The van der Waals surface area contributed by atoms with Gasteiger partial charge in [0.1, 0.15) is 5.75 Å². The summed E-state index contributed by atoms with van der Waals surface area (Å²) in [6.45, 7) is 4.55. The molecule has 1 aliphatic heterocycles. The van der Waals surface area contributed by atoms with Gasteiger partial charge in [-0.3, -0.25) is 4.79 Å². The number of nitrogens with one attached hydrogen (secondary N) is 1. The highest BCUT2D eigenvalue weighted by molar-refractivity contribution is 5.94. The summed E-state index contributed by atoms with van der Waals surface area (Å²) in [6, 6.07) is 5.07. The predicted molar refractivity (Wildman–Crippen MR) is 80.0 cm³/mol. The van der Waals surface area contributed by atoms with Crippen LogP contribution in [0, 0.1) is 12.8 Å². The molecule has 4 heteroatoms. The van der Waals surface area contributed by atoms with Crippen LogP contribution < -0.4 is 5.32 Å². The van der Waals surface area contributed by atoms with E-state index in [4.69, 9.17) is 0 Å². The molecule has 0 spiro atoms. The molecule has 1 fully saturated rings. The van der Waals surface area contributed by atoms with E-state index in [1.807, 2.05) is 18.9 Å². The van der Waals surface area contributed by atoms with Gasteiger partial charge in [-0.05, 0) is 69.5 Å². The molecule has 0 aromatic heterocycles. The zero-order chi connectivity index (χ0) is 14.5. The van der Waals surface area contributed by atoms with Crippen LogP contribution in [0.25, 0.3) is 0 Å². The molecule has 2 rings (SSSR count). The van der Waals surface area contributed by atoms with Gasteiger partial charge in [-0.2, -0.15) is 0 Å². The van der Waals surface area contributed by atoms with E-state index in [0.717, 1.165) is 44.0 Å². The zero-order valence-corrected chi connectivity index (χ0v) is 12.4. The Labute approximate surface area is 120 Å². The first kappa shape index (κ1) is 14.9. The van der Waals surface area contributed by atoms with E-state index in [-0.39, 0.29) is 11.7 Å². The molecule has 0 unspecified atom stereocenters. The summed E-state index contributed by atoms with van der Waals surface area (Å²) in [4.78, 5) is 14.3. The first-order valence-electron chi connectivity index (χ1n) is 7.35. The molecule has 20 heavy (non-hydrogen) atoms. The van der Waals surface area contributed by atoms with Crippen LogP contribution in [0.3, 0.4) is 0 Å². The Bertz CT molecular complexity index is 466. The Morgan fingerprint density at radius 3 is 2.70 bits per heavy atom. The molecule has 0 radical (unpaired) electrons. The summed E-state index contributed by atoms with van der Waals surface area (Å²) in [5.74, 6) is 1.06. The van der Waals surface area contributed by atoms with Crippen LogP contribution in [-0.4, -0.2) is 42.6 Å². The predicted octanol–water partition coefficient (Wildman–Crippen LogP) is 2.16. The number of aromatic hydroxyl groups is 1. The van der Waals surface area contributed by atoms with E-state index in [1.165, 1.54) is 6.42 Å². The van der Waals surface area contributed by atoms with Crippen molar-refractivity contribution < 1.29 is 9.90 Å². The van der Waals surface area contributed by atoms with Gasteiger partial charge in [0.2, 0.25) is 0 Å². The third kappa shape index (κ3) is 3.51. The van der Waals surface area contributed by atoms with Crippen molar-refractivity contribution in [2.75, 3.05) is 26.7 Å². The topological polar surface area (TPSA) is 52.6 Å². The number of phenols is 1. The Kier molecular flexibility index (Phi) is 5.01. The molecule has 1 saturated heterocycles. The van der Waals surface area contributed by atoms with Crippen molar-refractivity contribution >= 4 is 5.91 Å². The molecule has 4 nitrogen and oxygen atoms in total. The van der Waals surface area contributed by atoms with Crippen LogP contribution in [0.5, 0.6) is 5.75 Å². The van der Waals surface area contributed by atoms with E-state index in [1.54, 1.807) is 18.2 Å². The number of nitrogens with zero attached hydrogens (tertiary/aromatic N) is 1. The van der Waals surface area contributed by atoms with E-state index >= 15 is 0 Å². The summed E-state index contributed by atoms with van der Waals surface area (Å²) in [6.07, 6.45) is 3.37. The van der Waals surface area contributed by atoms with E-state index in [9.17, 15) is 9.90 Å². The number of benzene rings is 1. The maximum atomic E-state index is 12.4. The van der Waals surface area contributed by atoms with Gasteiger partial charge in [0.05, 0.1) is 0 Å². The fourth-order valence-electron chi connectivity index (χ4n) is 2.74. The molecule has 2 N–H and O–H groups in total. The average molecular weight is 276 g/mol. The number of carbonyl (C=O) groups is 1. The summed E-state index contributed by atoms with van der Waals surface area (Å²) in [5.41, 5.74) is 1.42. The molecule has 1 aromatic carbocycles. The number of amides is 1. The van der Waals surface area contributed by atoms with Gasteiger partial charge >= 0.3 is 0 Å². The van der Waals surface area contributed by atoms with Gasteiger partial charge in [-0.25, -0.2) is 0 Å². The zero-order valence-electron chi connectivity index (χ0n) is 12.4. The SMILES string of the molecule is CNCCC1CCN(C(=O)c2ccc(O)c(C)c2)CC1. The van der Waals surface area contributed by atoms with Crippen molar-refractivity contribution in [3.8, 4) is 5.75 Å². The maximum Gasteiger partial charge on any atom is 0.253 e. The minimum Gasteiger partial charge on any atom is -0.508 e. The number of phenolic OH excluding ortho intramolecular Hbond substituents is 1. The fraction of sp³-hybridized carbons (Fsp3) is 0.562. The van der Waals surface area contributed by atoms with Crippen molar-refractivity contribution in [3.63, 3.8) is 0 Å². The first-order valence-corrected chi connectivity index (χ1v) is 7.35. The number of piperidine rings is 1. The highest BCUT2D eigenvalue weighted by atomic mass is 16.3. The normalized spacial score (nSPS) is 16.4. The lowest BCUT2D eigenvalue weighted by atomic mass is 9.93. The molecule has 1 amide bonds. The van der Waals surface area contributed by atoms with Crippen LogP contribution in [-0.2, 0) is 0 Å². The number of aryl methyl sites for hydroxylation is 1. The number of hydrogen-bond donors (Lipinski definition) is 2. The number of likely N-dealkylation sites (tertiary alicyclic amines) is 1. The summed E-state index contributed by atoms with van der Waals surface area (Å²) < 4.78 is 0. The second-order valence-corrected chi connectivity index (χ2v) is 5.63. The molecule has 0 aliphatic carbocycles. The van der Waals surface area contributed by atoms with Gasteiger partial charge in [-0.1, -0.05) is 0 Å². The standard InChI is InChI=1S/C16H24N2O2/c1-12-11-14(3-4-15(12)19)16(20)18-9-6-13(7-10-18)5-8-17-2/h3-4,11,13,17,19H,5-10H2,1-2H3. The van der Waals surface area contributed by atoms with Gasteiger partial charge in [0.25, 0.3) is 5.91 Å². The molecule has 1 aliphatic rings. The summed E-state index contributed by atoms with van der Waals surface area (Å²) >= 11 is 0. The second-order valence-electron chi connectivity index (χ2n) is 5.63. The minimum absolute atomic E-state index is 0.0835. The second kappa shape index (κ2) is 6.75. The van der Waals surface area contributed by atoms with E-state index in [0.29, 0.717) is 5.56 Å². The number of carbonyl (C=O) groups excluding carboxylic acids is 1. The molecule has 0 bridgehead atoms.